The molecule has 1 aromatic heterocycles. The van der Waals surface area contributed by atoms with E-state index in [2.05, 4.69) is 10.0 Å². The minimum atomic E-state index is -3.42. The summed E-state index contributed by atoms with van der Waals surface area (Å²) in [5, 5.41) is 2.99. The molecule has 0 bridgehead atoms. The highest BCUT2D eigenvalue weighted by Gasteiger charge is 2.19. The third-order valence-corrected chi connectivity index (χ3v) is 5.19. The zero-order valence-corrected chi connectivity index (χ0v) is 11.8. The van der Waals surface area contributed by atoms with E-state index in [4.69, 9.17) is 4.74 Å². The average Bonchev–Trinajstić information content (AvgIpc) is 2.67. The molecule has 0 amide bonds. The minimum Gasteiger partial charge on any atom is -0.383 e. The summed E-state index contributed by atoms with van der Waals surface area (Å²) >= 11 is 1.27. The molecule has 0 aliphatic heterocycles. The summed E-state index contributed by atoms with van der Waals surface area (Å²) in [5.41, 5.74) is 0. The highest BCUT2D eigenvalue weighted by Crippen LogP contribution is 2.21. The van der Waals surface area contributed by atoms with Crippen molar-refractivity contribution in [1.82, 2.24) is 10.0 Å². The summed E-state index contributed by atoms with van der Waals surface area (Å²) in [5.74, 6) is 0. The van der Waals surface area contributed by atoms with E-state index in [9.17, 15) is 8.42 Å². The molecule has 1 heterocycles. The molecule has 0 radical (unpaired) electrons. The van der Waals surface area contributed by atoms with Crippen LogP contribution in [0.1, 0.15) is 11.8 Å². The van der Waals surface area contributed by atoms with Gasteiger partial charge in [-0.2, -0.15) is 0 Å². The van der Waals surface area contributed by atoms with Crippen LogP contribution in [0.15, 0.2) is 16.3 Å². The molecule has 0 fully saturated rings. The normalized spacial score (nSPS) is 13.8. The molecule has 2 N–H and O–H groups in total. The van der Waals surface area contributed by atoms with Crippen LogP contribution in [0.3, 0.4) is 0 Å². The molecule has 17 heavy (non-hydrogen) atoms. The largest absolute Gasteiger partial charge is 0.383 e. The lowest BCUT2D eigenvalue weighted by molar-refractivity contribution is 0.180. The summed E-state index contributed by atoms with van der Waals surface area (Å²) in [4.78, 5) is 0.993. The van der Waals surface area contributed by atoms with Crippen molar-refractivity contribution in [1.29, 1.82) is 0 Å². The summed E-state index contributed by atoms with van der Waals surface area (Å²) < 4.78 is 31.7. The van der Waals surface area contributed by atoms with Crippen LogP contribution in [0.2, 0.25) is 0 Å². The Morgan fingerprint density at radius 2 is 2.18 bits per heavy atom. The van der Waals surface area contributed by atoms with Gasteiger partial charge in [0.1, 0.15) is 4.21 Å². The van der Waals surface area contributed by atoms with Gasteiger partial charge in [-0.05, 0) is 26.1 Å². The van der Waals surface area contributed by atoms with Gasteiger partial charge in [-0.25, -0.2) is 13.1 Å². The molecule has 1 atom stereocenters. The molecule has 0 aliphatic carbocycles. The van der Waals surface area contributed by atoms with Crippen molar-refractivity contribution in [3.8, 4) is 0 Å². The van der Waals surface area contributed by atoms with Gasteiger partial charge >= 0.3 is 0 Å². The molecule has 0 aromatic carbocycles. The van der Waals surface area contributed by atoms with Crippen LogP contribution in [-0.2, 0) is 21.3 Å². The molecule has 0 aliphatic rings. The van der Waals surface area contributed by atoms with E-state index in [1.807, 2.05) is 13.1 Å². The molecule has 0 saturated carbocycles. The Morgan fingerprint density at radius 3 is 2.76 bits per heavy atom. The molecule has 1 aromatic rings. The number of rotatable bonds is 7. The van der Waals surface area contributed by atoms with E-state index >= 15 is 0 Å². The fourth-order valence-electron chi connectivity index (χ4n) is 1.38. The zero-order chi connectivity index (χ0) is 12.9. The average molecular weight is 278 g/mol. The minimum absolute atomic E-state index is 0.236. The number of thiophene rings is 1. The summed E-state index contributed by atoms with van der Waals surface area (Å²) in [6.07, 6.45) is 0. The molecule has 5 nitrogen and oxygen atoms in total. The molecule has 0 saturated heterocycles. The highest BCUT2D eigenvalue weighted by atomic mass is 32.2. The Kier molecular flexibility index (Phi) is 5.54. The van der Waals surface area contributed by atoms with E-state index in [-0.39, 0.29) is 6.04 Å². The maximum atomic E-state index is 12.0. The molecule has 0 spiro atoms. The smallest absolute Gasteiger partial charge is 0.250 e. The number of methoxy groups -OCH3 is 1. The molecular weight excluding hydrogens is 260 g/mol. The fraction of sp³-hybridized carbons (Fsp3) is 0.600. The predicted molar refractivity (Wildman–Crippen MR) is 68.7 cm³/mol. The van der Waals surface area contributed by atoms with Gasteiger partial charge in [0.15, 0.2) is 0 Å². The maximum Gasteiger partial charge on any atom is 0.250 e. The molecular formula is C10H18N2O3S2. The van der Waals surface area contributed by atoms with Gasteiger partial charge in [0.05, 0.1) is 6.61 Å². The Balaban J connectivity index is 2.75. The van der Waals surface area contributed by atoms with Crippen molar-refractivity contribution < 1.29 is 13.2 Å². The monoisotopic (exact) mass is 278 g/mol. The second-order valence-corrected chi connectivity index (χ2v) is 6.84. The third kappa shape index (κ3) is 4.36. The number of nitrogens with one attached hydrogen (secondary N) is 2. The third-order valence-electron chi connectivity index (χ3n) is 2.03. The first kappa shape index (κ1) is 14.6. The first-order valence-corrected chi connectivity index (χ1v) is 7.54. The van der Waals surface area contributed by atoms with Crippen LogP contribution in [-0.4, -0.2) is 35.2 Å². The fourth-order valence-corrected chi connectivity index (χ4v) is 3.99. The lowest BCUT2D eigenvalue weighted by atomic mass is 10.4. The molecule has 1 unspecified atom stereocenters. The first-order chi connectivity index (χ1) is 7.99. The van der Waals surface area contributed by atoms with Gasteiger partial charge in [0, 0.05) is 24.6 Å². The van der Waals surface area contributed by atoms with Gasteiger partial charge in [-0.1, -0.05) is 0 Å². The van der Waals surface area contributed by atoms with Crippen molar-refractivity contribution in [3.05, 3.63) is 17.0 Å². The first-order valence-electron chi connectivity index (χ1n) is 5.24. The van der Waals surface area contributed by atoms with Crippen LogP contribution in [0.4, 0.5) is 0 Å². The van der Waals surface area contributed by atoms with Crippen molar-refractivity contribution in [3.63, 3.8) is 0 Å². The lowest BCUT2D eigenvalue weighted by Gasteiger charge is -2.11. The second kappa shape index (κ2) is 6.46. The Hall–Kier alpha value is -0.470. The standard InChI is InChI=1S/C10H18N2O3S2/c1-8(7-15-3)12-17(13,14)10-5-4-9(16-10)6-11-2/h4-5,8,11-12H,6-7H2,1-3H3. The van der Waals surface area contributed by atoms with Crippen molar-refractivity contribution in [2.24, 2.45) is 0 Å². The van der Waals surface area contributed by atoms with E-state index in [0.717, 1.165) is 4.88 Å². The maximum absolute atomic E-state index is 12.0. The van der Waals surface area contributed by atoms with Crippen LogP contribution < -0.4 is 10.0 Å². The van der Waals surface area contributed by atoms with E-state index in [1.165, 1.54) is 11.3 Å². The van der Waals surface area contributed by atoms with Crippen LogP contribution in [0.5, 0.6) is 0 Å². The number of sulfonamides is 1. The van der Waals surface area contributed by atoms with E-state index in [1.54, 1.807) is 20.1 Å². The van der Waals surface area contributed by atoms with Gasteiger partial charge in [0.25, 0.3) is 0 Å². The van der Waals surface area contributed by atoms with Crippen molar-refractivity contribution in [2.75, 3.05) is 20.8 Å². The second-order valence-electron chi connectivity index (χ2n) is 3.73. The van der Waals surface area contributed by atoms with Crippen LogP contribution >= 0.6 is 11.3 Å². The molecule has 1 rings (SSSR count). The predicted octanol–water partition coefficient (Wildman–Crippen LogP) is 0.781. The van der Waals surface area contributed by atoms with Crippen molar-refractivity contribution >= 4 is 21.4 Å². The topological polar surface area (TPSA) is 67.4 Å². The highest BCUT2D eigenvalue weighted by molar-refractivity contribution is 7.91. The Bertz CT molecular complexity index is 442. The summed E-state index contributed by atoms with van der Waals surface area (Å²) in [6, 6.07) is 3.20. The Morgan fingerprint density at radius 1 is 1.47 bits per heavy atom. The molecule has 7 heteroatoms. The molecule has 98 valence electrons. The lowest BCUT2D eigenvalue weighted by Crippen LogP contribution is -2.35. The van der Waals surface area contributed by atoms with Gasteiger partial charge in [-0.3, -0.25) is 0 Å². The zero-order valence-electron chi connectivity index (χ0n) is 10.2. The number of hydrogen-bond donors (Lipinski definition) is 2. The van der Waals surface area contributed by atoms with Crippen LogP contribution in [0, 0.1) is 0 Å². The quantitative estimate of drug-likeness (QED) is 0.773. The number of ether oxygens (including phenoxy) is 1. The summed E-state index contributed by atoms with van der Waals surface area (Å²) in [6.45, 7) is 2.80. The Labute approximate surface area is 106 Å². The van der Waals surface area contributed by atoms with Gasteiger partial charge in [-0.15, -0.1) is 11.3 Å². The van der Waals surface area contributed by atoms with E-state index < -0.39 is 10.0 Å². The summed E-state index contributed by atoms with van der Waals surface area (Å²) in [7, 11) is -0.0496. The van der Waals surface area contributed by atoms with E-state index in [0.29, 0.717) is 17.4 Å². The van der Waals surface area contributed by atoms with Gasteiger partial charge < -0.3 is 10.1 Å². The SMILES string of the molecule is CNCc1ccc(S(=O)(=O)NC(C)COC)s1. The van der Waals surface area contributed by atoms with Crippen LogP contribution in [0.25, 0.3) is 0 Å². The van der Waals surface area contributed by atoms with Crippen molar-refractivity contribution in [2.45, 2.75) is 23.7 Å². The van der Waals surface area contributed by atoms with Gasteiger partial charge in [0.2, 0.25) is 10.0 Å². The number of hydrogen-bond acceptors (Lipinski definition) is 5.